The van der Waals surface area contributed by atoms with Crippen LogP contribution in [0.3, 0.4) is 0 Å². The lowest BCUT2D eigenvalue weighted by Gasteiger charge is -2.27. The zero-order valence-corrected chi connectivity index (χ0v) is 11.6. The molecule has 84 valence electrons. The minimum atomic E-state index is -1.49. The maximum atomic E-state index is 6.06. The Morgan fingerprint density at radius 2 is 2.07 bits per heavy atom. The molecule has 0 aromatic heterocycles. The van der Waals surface area contributed by atoms with E-state index in [0.29, 0.717) is 5.92 Å². The summed E-state index contributed by atoms with van der Waals surface area (Å²) in [5, 5.41) is 0. The second-order valence-electron chi connectivity index (χ2n) is 5.32. The Morgan fingerprint density at radius 3 is 2.53 bits per heavy atom. The van der Waals surface area contributed by atoms with E-state index in [1.807, 2.05) is 0 Å². The standard InChI is InChI=1S/C13H22OSi/c1-10(2)12-8-7-11(3)13(9-12)14-15(4,5)6/h7,9,12H,1,8H2,2-6H3. The van der Waals surface area contributed by atoms with E-state index in [-0.39, 0.29) is 0 Å². The molecule has 1 aliphatic rings. The Hall–Kier alpha value is -0.763. The van der Waals surface area contributed by atoms with E-state index in [4.69, 9.17) is 4.43 Å². The Morgan fingerprint density at radius 1 is 1.47 bits per heavy atom. The minimum Gasteiger partial charge on any atom is -0.544 e. The second-order valence-corrected chi connectivity index (χ2v) is 9.75. The Balaban J connectivity index is 2.83. The first-order chi connectivity index (χ1) is 6.79. The predicted octanol–water partition coefficient (Wildman–Crippen LogP) is 4.26. The third kappa shape index (κ3) is 3.71. The predicted molar refractivity (Wildman–Crippen MR) is 69.2 cm³/mol. The molecule has 0 amide bonds. The third-order valence-electron chi connectivity index (χ3n) is 2.47. The van der Waals surface area contributed by atoms with Crippen molar-refractivity contribution in [2.75, 3.05) is 0 Å². The molecule has 0 fully saturated rings. The Bertz CT molecular complexity index is 318. The number of hydrogen-bond donors (Lipinski definition) is 0. The largest absolute Gasteiger partial charge is 0.544 e. The minimum absolute atomic E-state index is 0.458. The third-order valence-corrected chi connectivity index (χ3v) is 3.30. The summed E-state index contributed by atoms with van der Waals surface area (Å²) in [4.78, 5) is 0. The average Bonchev–Trinajstić information content (AvgIpc) is 2.06. The van der Waals surface area contributed by atoms with Crippen molar-refractivity contribution in [1.82, 2.24) is 0 Å². The van der Waals surface area contributed by atoms with E-state index in [1.165, 1.54) is 11.1 Å². The molecule has 0 radical (unpaired) electrons. The average molecular weight is 222 g/mol. The SMILES string of the molecule is C=C(C)C1C=C(O[Si](C)(C)C)C(C)=CC1. The lowest BCUT2D eigenvalue weighted by molar-refractivity contribution is 0.421. The molecule has 1 rings (SSSR count). The van der Waals surface area contributed by atoms with Gasteiger partial charge in [0, 0.05) is 5.92 Å². The molecule has 1 nitrogen and oxygen atoms in total. The van der Waals surface area contributed by atoms with Gasteiger partial charge in [-0.05, 0) is 51.6 Å². The molecule has 1 unspecified atom stereocenters. The first-order valence-electron chi connectivity index (χ1n) is 5.53. The van der Waals surface area contributed by atoms with Gasteiger partial charge in [-0.15, -0.1) is 0 Å². The Labute approximate surface area is 94.7 Å². The molecule has 2 heteroatoms. The monoisotopic (exact) mass is 222 g/mol. The van der Waals surface area contributed by atoms with Gasteiger partial charge in [0.2, 0.25) is 8.32 Å². The molecule has 0 aromatic rings. The molecule has 0 saturated carbocycles. The quantitative estimate of drug-likeness (QED) is 0.512. The van der Waals surface area contributed by atoms with Crippen molar-refractivity contribution < 1.29 is 4.43 Å². The lowest BCUT2D eigenvalue weighted by atomic mass is 9.91. The van der Waals surface area contributed by atoms with Gasteiger partial charge in [0.25, 0.3) is 0 Å². The van der Waals surface area contributed by atoms with Crippen LogP contribution in [-0.4, -0.2) is 8.32 Å². The summed E-state index contributed by atoms with van der Waals surface area (Å²) in [6.45, 7) is 14.9. The van der Waals surface area contributed by atoms with Crippen LogP contribution >= 0.6 is 0 Å². The van der Waals surface area contributed by atoms with Gasteiger partial charge in [-0.1, -0.05) is 18.2 Å². The van der Waals surface area contributed by atoms with E-state index in [2.05, 4.69) is 52.2 Å². The zero-order chi connectivity index (χ0) is 11.6. The molecule has 1 atom stereocenters. The topological polar surface area (TPSA) is 9.23 Å². The molecule has 0 heterocycles. The highest BCUT2D eigenvalue weighted by atomic mass is 28.4. The van der Waals surface area contributed by atoms with E-state index in [0.717, 1.165) is 12.2 Å². The first-order valence-corrected chi connectivity index (χ1v) is 8.94. The van der Waals surface area contributed by atoms with Gasteiger partial charge >= 0.3 is 0 Å². The van der Waals surface area contributed by atoms with Crippen molar-refractivity contribution in [3.05, 3.63) is 35.6 Å². The van der Waals surface area contributed by atoms with Gasteiger partial charge in [0.15, 0.2) is 0 Å². The van der Waals surface area contributed by atoms with Crippen LogP contribution < -0.4 is 0 Å². The molecule has 0 saturated heterocycles. The fraction of sp³-hybridized carbons (Fsp3) is 0.538. The van der Waals surface area contributed by atoms with Gasteiger partial charge in [-0.25, -0.2) is 0 Å². The van der Waals surface area contributed by atoms with Crippen LogP contribution in [-0.2, 0) is 4.43 Å². The van der Waals surface area contributed by atoms with Crippen LogP contribution in [0.4, 0.5) is 0 Å². The van der Waals surface area contributed by atoms with E-state index >= 15 is 0 Å². The van der Waals surface area contributed by atoms with Crippen LogP contribution in [0.2, 0.25) is 19.6 Å². The first kappa shape index (κ1) is 12.3. The molecular weight excluding hydrogens is 200 g/mol. The highest BCUT2D eigenvalue weighted by Gasteiger charge is 2.21. The summed E-state index contributed by atoms with van der Waals surface area (Å²) in [6, 6.07) is 0. The normalized spacial score (nSPS) is 21.8. The molecular formula is C13H22OSi. The van der Waals surface area contributed by atoms with E-state index in [1.54, 1.807) is 0 Å². The van der Waals surface area contributed by atoms with Crippen molar-refractivity contribution in [2.45, 2.75) is 39.9 Å². The fourth-order valence-corrected chi connectivity index (χ4v) is 2.46. The molecule has 15 heavy (non-hydrogen) atoms. The molecule has 0 bridgehead atoms. The molecule has 0 aliphatic heterocycles. The van der Waals surface area contributed by atoms with Crippen molar-refractivity contribution in [3.63, 3.8) is 0 Å². The summed E-state index contributed by atoms with van der Waals surface area (Å²) < 4.78 is 6.06. The number of allylic oxidation sites excluding steroid dienone is 4. The molecule has 0 spiro atoms. The lowest BCUT2D eigenvalue weighted by Crippen LogP contribution is -2.26. The van der Waals surface area contributed by atoms with Gasteiger partial charge in [0.05, 0.1) is 0 Å². The van der Waals surface area contributed by atoms with Crippen LogP contribution in [0.1, 0.15) is 20.3 Å². The molecule has 0 N–H and O–H groups in total. The van der Waals surface area contributed by atoms with Gasteiger partial charge < -0.3 is 4.43 Å². The molecule has 0 aromatic carbocycles. The second kappa shape index (κ2) is 4.39. The maximum Gasteiger partial charge on any atom is 0.242 e. The van der Waals surface area contributed by atoms with E-state index in [9.17, 15) is 0 Å². The van der Waals surface area contributed by atoms with Crippen LogP contribution in [0.15, 0.2) is 35.6 Å². The van der Waals surface area contributed by atoms with Crippen LogP contribution in [0.5, 0.6) is 0 Å². The Kier molecular flexibility index (Phi) is 3.61. The van der Waals surface area contributed by atoms with Crippen molar-refractivity contribution >= 4 is 8.32 Å². The zero-order valence-electron chi connectivity index (χ0n) is 10.6. The summed E-state index contributed by atoms with van der Waals surface area (Å²) in [7, 11) is -1.49. The van der Waals surface area contributed by atoms with Crippen molar-refractivity contribution in [3.8, 4) is 0 Å². The van der Waals surface area contributed by atoms with Crippen molar-refractivity contribution in [1.29, 1.82) is 0 Å². The van der Waals surface area contributed by atoms with Crippen molar-refractivity contribution in [2.24, 2.45) is 5.92 Å². The smallest absolute Gasteiger partial charge is 0.242 e. The number of hydrogen-bond acceptors (Lipinski definition) is 1. The van der Waals surface area contributed by atoms with Gasteiger partial charge in [0.1, 0.15) is 5.76 Å². The van der Waals surface area contributed by atoms with Gasteiger partial charge in [-0.2, -0.15) is 0 Å². The highest BCUT2D eigenvalue weighted by Crippen LogP contribution is 2.29. The summed E-state index contributed by atoms with van der Waals surface area (Å²) in [6.07, 6.45) is 5.56. The van der Waals surface area contributed by atoms with Crippen LogP contribution in [0, 0.1) is 5.92 Å². The maximum absolute atomic E-state index is 6.06. The number of rotatable bonds is 3. The fourth-order valence-electron chi connectivity index (χ4n) is 1.57. The van der Waals surface area contributed by atoms with Crippen LogP contribution in [0.25, 0.3) is 0 Å². The highest BCUT2D eigenvalue weighted by molar-refractivity contribution is 6.70. The van der Waals surface area contributed by atoms with E-state index < -0.39 is 8.32 Å². The molecule has 1 aliphatic carbocycles. The summed E-state index contributed by atoms with van der Waals surface area (Å²) >= 11 is 0. The summed E-state index contributed by atoms with van der Waals surface area (Å²) in [5.74, 6) is 1.54. The van der Waals surface area contributed by atoms with Gasteiger partial charge in [-0.3, -0.25) is 0 Å². The summed E-state index contributed by atoms with van der Waals surface area (Å²) in [5.41, 5.74) is 2.49.